The van der Waals surface area contributed by atoms with Gasteiger partial charge in [0.2, 0.25) is 0 Å². The van der Waals surface area contributed by atoms with Crippen LogP contribution < -0.4 is 16.4 Å². The third-order valence-corrected chi connectivity index (χ3v) is 4.26. The molecular formula is C21H28N4O2. The van der Waals surface area contributed by atoms with Crippen LogP contribution in [-0.4, -0.2) is 22.8 Å². The van der Waals surface area contributed by atoms with Crippen molar-refractivity contribution in [2.24, 2.45) is 5.92 Å². The number of anilines is 2. The van der Waals surface area contributed by atoms with E-state index in [1.807, 2.05) is 6.92 Å². The van der Waals surface area contributed by atoms with E-state index in [0.29, 0.717) is 28.6 Å². The van der Waals surface area contributed by atoms with Gasteiger partial charge in [0.25, 0.3) is 11.8 Å². The maximum atomic E-state index is 12.3. The standard InChI is InChI=1S/C21H28N4O2/c1-14(2)7-6-8-15(3)24-21(27)19-12-11-16(13-23-19)20(26)25-18-10-5-4-9-17(18)22/h4-5,9-15H,6-8,22H2,1-3H3,(H,24,27)(H,25,26). The van der Waals surface area contributed by atoms with Crippen LogP contribution in [0.2, 0.25) is 0 Å². The number of benzene rings is 1. The van der Waals surface area contributed by atoms with Gasteiger partial charge in [0.15, 0.2) is 0 Å². The van der Waals surface area contributed by atoms with Crippen LogP contribution in [0.4, 0.5) is 11.4 Å². The van der Waals surface area contributed by atoms with Gasteiger partial charge in [0.1, 0.15) is 5.69 Å². The Morgan fingerprint density at radius 2 is 1.78 bits per heavy atom. The number of pyridine rings is 1. The number of carbonyl (C=O) groups excluding carboxylic acids is 2. The normalized spacial score (nSPS) is 11.9. The summed E-state index contributed by atoms with van der Waals surface area (Å²) in [6.45, 7) is 6.37. The van der Waals surface area contributed by atoms with E-state index in [2.05, 4.69) is 29.5 Å². The zero-order chi connectivity index (χ0) is 19.8. The summed E-state index contributed by atoms with van der Waals surface area (Å²) in [5.74, 6) is 0.111. The summed E-state index contributed by atoms with van der Waals surface area (Å²) >= 11 is 0. The molecule has 1 heterocycles. The Labute approximate surface area is 160 Å². The first-order chi connectivity index (χ1) is 12.9. The molecular weight excluding hydrogens is 340 g/mol. The van der Waals surface area contributed by atoms with Crippen LogP contribution in [0.15, 0.2) is 42.6 Å². The zero-order valence-corrected chi connectivity index (χ0v) is 16.2. The zero-order valence-electron chi connectivity index (χ0n) is 16.2. The lowest BCUT2D eigenvalue weighted by Gasteiger charge is -2.14. The summed E-state index contributed by atoms with van der Waals surface area (Å²) in [7, 11) is 0. The topological polar surface area (TPSA) is 97.1 Å². The lowest BCUT2D eigenvalue weighted by atomic mass is 10.0. The first-order valence-electron chi connectivity index (χ1n) is 9.29. The number of hydrogen-bond acceptors (Lipinski definition) is 4. The van der Waals surface area contributed by atoms with Crippen molar-refractivity contribution >= 4 is 23.2 Å². The van der Waals surface area contributed by atoms with Crippen LogP contribution >= 0.6 is 0 Å². The monoisotopic (exact) mass is 368 g/mol. The molecule has 144 valence electrons. The quantitative estimate of drug-likeness (QED) is 0.616. The van der Waals surface area contributed by atoms with Gasteiger partial charge in [-0.2, -0.15) is 0 Å². The summed E-state index contributed by atoms with van der Waals surface area (Å²) < 4.78 is 0. The third-order valence-electron chi connectivity index (χ3n) is 4.26. The Hall–Kier alpha value is -2.89. The van der Waals surface area contributed by atoms with Crippen molar-refractivity contribution in [1.29, 1.82) is 0 Å². The molecule has 0 aliphatic carbocycles. The third kappa shape index (κ3) is 6.40. The van der Waals surface area contributed by atoms with Gasteiger partial charge >= 0.3 is 0 Å². The number of nitrogens with zero attached hydrogens (tertiary/aromatic N) is 1. The van der Waals surface area contributed by atoms with E-state index in [9.17, 15) is 9.59 Å². The summed E-state index contributed by atoms with van der Waals surface area (Å²) in [5.41, 5.74) is 7.51. The Balaban J connectivity index is 1.91. The molecule has 1 unspecified atom stereocenters. The predicted molar refractivity (Wildman–Crippen MR) is 109 cm³/mol. The van der Waals surface area contributed by atoms with Gasteiger partial charge < -0.3 is 16.4 Å². The molecule has 0 aliphatic heterocycles. The van der Waals surface area contributed by atoms with Crippen LogP contribution in [-0.2, 0) is 0 Å². The maximum absolute atomic E-state index is 12.3. The Kier molecular flexibility index (Phi) is 7.34. The van der Waals surface area contributed by atoms with Crippen molar-refractivity contribution in [2.75, 3.05) is 11.1 Å². The molecule has 0 fully saturated rings. The molecule has 2 rings (SSSR count). The lowest BCUT2D eigenvalue weighted by molar-refractivity contribution is 0.0931. The molecule has 0 spiro atoms. The van der Waals surface area contributed by atoms with Gasteiger partial charge in [-0.25, -0.2) is 0 Å². The maximum Gasteiger partial charge on any atom is 0.270 e. The van der Waals surface area contributed by atoms with Crippen molar-refractivity contribution in [3.8, 4) is 0 Å². The van der Waals surface area contributed by atoms with Crippen LogP contribution in [0.25, 0.3) is 0 Å². The van der Waals surface area contributed by atoms with Crippen molar-refractivity contribution in [3.63, 3.8) is 0 Å². The van der Waals surface area contributed by atoms with Gasteiger partial charge in [-0.05, 0) is 43.5 Å². The molecule has 4 N–H and O–H groups in total. The number of aromatic nitrogens is 1. The van der Waals surface area contributed by atoms with E-state index in [4.69, 9.17) is 5.73 Å². The molecule has 0 radical (unpaired) electrons. The average Bonchev–Trinajstić information content (AvgIpc) is 2.63. The van der Waals surface area contributed by atoms with Crippen molar-refractivity contribution < 1.29 is 9.59 Å². The lowest BCUT2D eigenvalue weighted by Crippen LogP contribution is -2.33. The fourth-order valence-corrected chi connectivity index (χ4v) is 2.67. The van der Waals surface area contributed by atoms with Crippen molar-refractivity contribution in [2.45, 2.75) is 46.1 Å². The van der Waals surface area contributed by atoms with E-state index in [1.54, 1.807) is 36.4 Å². The molecule has 27 heavy (non-hydrogen) atoms. The Bertz CT molecular complexity index is 772. The minimum Gasteiger partial charge on any atom is -0.397 e. The second-order valence-electron chi connectivity index (χ2n) is 7.17. The van der Waals surface area contributed by atoms with E-state index >= 15 is 0 Å². The molecule has 1 aromatic heterocycles. The molecule has 2 aromatic rings. The van der Waals surface area contributed by atoms with Gasteiger partial charge in [0, 0.05) is 12.2 Å². The molecule has 2 amide bonds. The highest BCUT2D eigenvalue weighted by Gasteiger charge is 2.13. The minimum absolute atomic E-state index is 0.0853. The molecule has 1 atom stereocenters. The van der Waals surface area contributed by atoms with Gasteiger partial charge in [-0.1, -0.05) is 38.8 Å². The molecule has 1 aromatic carbocycles. The van der Waals surface area contributed by atoms with Crippen LogP contribution in [0, 0.1) is 5.92 Å². The number of hydrogen-bond donors (Lipinski definition) is 3. The van der Waals surface area contributed by atoms with E-state index < -0.39 is 0 Å². The predicted octanol–water partition coefficient (Wildman–Crippen LogP) is 3.86. The second-order valence-corrected chi connectivity index (χ2v) is 7.17. The molecule has 0 saturated carbocycles. The summed E-state index contributed by atoms with van der Waals surface area (Å²) in [6.07, 6.45) is 4.55. The SMILES string of the molecule is CC(C)CCCC(C)NC(=O)c1ccc(C(=O)Nc2ccccc2N)cn1. The first kappa shape index (κ1) is 20.4. The number of amides is 2. The van der Waals surface area contributed by atoms with Gasteiger partial charge in [-0.15, -0.1) is 0 Å². The van der Waals surface area contributed by atoms with Crippen LogP contribution in [0.5, 0.6) is 0 Å². The van der Waals surface area contributed by atoms with Crippen molar-refractivity contribution in [1.82, 2.24) is 10.3 Å². The van der Waals surface area contributed by atoms with Gasteiger partial charge in [0.05, 0.1) is 16.9 Å². The number of nitrogens with two attached hydrogens (primary N) is 1. The fraction of sp³-hybridized carbons (Fsp3) is 0.381. The highest BCUT2D eigenvalue weighted by molar-refractivity contribution is 6.05. The largest absolute Gasteiger partial charge is 0.397 e. The highest BCUT2D eigenvalue weighted by Crippen LogP contribution is 2.17. The second kappa shape index (κ2) is 9.71. The summed E-state index contributed by atoms with van der Waals surface area (Å²) in [4.78, 5) is 28.7. The molecule has 0 saturated heterocycles. The number of nitrogens with one attached hydrogen (secondary N) is 2. The number of nitrogen functional groups attached to an aromatic ring is 1. The van der Waals surface area contributed by atoms with E-state index in [0.717, 1.165) is 19.3 Å². The molecule has 6 heteroatoms. The number of rotatable bonds is 8. The van der Waals surface area contributed by atoms with Gasteiger partial charge in [-0.3, -0.25) is 14.6 Å². The summed E-state index contributed by atoms with van der Waals surface area (Å²) in [5, 5.41) is 5.68. The van der Waals surface area contributed by atoms with Crippen LogP contribution in [0.1, 0.15) is 60.9 Å². The summed E-state index contributed by atoms with van der Waals surface area (Å²) in [6, 6.07) is 10.2. The van der Waals surface area contributed by atoms with Crippen molar-refractivity contribution in [3.05, 3.63) is 53.9 Å². The van der Waals surface area contributed by atoms with E-state index in [1.165, 1.54) is 6.20 Å². The van der Waals surface area contributed by atoms with E-state index in [-0.39, 0.29) is 17.9 Å². The first-order valence-corrected chi connectivity index (χ1v) is 9.29. The highest BCUT2D eigenvalue weighted by atomic mass is 16.2. The molecule has 6 nitrogen and oxygen atoms in total. The Morgan fingerprint density at radius 3 is 2.41 bits per heavy atom. The minimum atomic E-state index is -0.325. The molecule has 0 bridgehead atoms. The molecule has 0 aliphatic rings. The number of carbonyl (C=O) groups is 2. The fourth-order valence-electron chi connectivity index (χ4n) is 2.67. The Morgan fingerprint density at radius 1 is 1.04 bits per heavy atom. The number of para-hydroxylation sites is 2. The smallest absolute Gasteiger partial charge is 0.270 e. The average molecular weight is 368 g/mol. The van der Waals surface area contributed by atoms with Crippen LogP contribution in [0.3, 0.4) is 0 Å².